The molecule has 1 amide bonds. The summed E-state index contributed by atoms with van der Waals surface area (Å²) in [5.74, 6) is -0.409. The number of carbonyl (C=O) groups is 1. The van der Waals surface area contributed by atoms with Crippen LogP contribution in [0.2, 0.25) is 0 Å². The first-order valence-electron chi connectivity index (χ1n) is 5.78. The fourth-order valence-electron chi connectivity index (χ4n) is 2.07. The molecule has 0 saturated carbocycles. The number of aliphatic hydroxyl groups excluding tert-OH is 1. The predicted molar refractivity (Wildman–Crippen MR) is 63.4 cm³/mol. The number of aromatic amines is 2. The summed E-state index contributed by atoms with van der Waals surface area (Å²) in [5, 5.41) is 9.59. The number of likely N-dealkylation sites (tertiary alicyclic amines) is 1. The fourth-order valence-corrected chi connectivity index (χ4v) is 2.07. The molecule has 0 aliphatic carbocycles. The number of hydrogen-bond acceptors (Lipinski definition) is 4. The van der Waals surface area contributed by atoms with Crippen molar-refractivity contribution in [2.45, 2.75) is 19.4 Å². The second kappa shape index (κ2) is 4.77. The van der Waals surface area contributed by atoms with Gasteiger partial charge < -0.3 is 15.0 Å². The summed E-state index contributed by atoms with van der Waals surface area (Å²) in [6.45, 7) is 2.68. The molecule has 18 heavy (non-hydrogen) atoms. The van der Waals surface area contributed by atoms with E-state index in [1.807, 2.05) is 11.9 Å². The van der Waals surface area contributed by atoms with E-state index in [2.05, 4.69) is 4.98 Å². The molecule has 0 spiro atoms. The van der Waals surface area contributed by atoms with Crippen LogP contribution < -0.4 is 11.2 Å². The molecule has 1 fully saturated rings. The number of aromatic nitrogens is 2. The molecule has 7 nitrogen and oxygen atoms in total. The quantitative estimate of drug-likeness (QED) is 0.591. The van der Waals surface area contributed by atoms with Gasteiger partial charge in [0, 0.05) is 19.2 Å². The molecular weight excluding hydrogens is 238 g/mol. The number of aliphatic hydroxyl groups is 1. The Balaban J connectivity index is 2.21. The van der Waals surface area contributed by atoms with Crippen LogP contribution in [0.15, 0.2) is 15.7 Å². The Kier molecular flexibility index (Phi) is 3.33. The van der Waals surface area contributed by atoms with Crippen molar-refractivity contribution in [2.75, 3.05) is 13.1 Å². The van der Waals surface area contributed by atoms with E-state index < -0.39 is 23.3 Å². The normalized spacial score (nSPS) is 24.0. The van der Waals surface area contributed by atoms with Gasteiger partial charge in [0.2, 0.25) is 0 Å². The lowest BCUT2D eigenvalue weighted by Gasteiger charge is -2.34. The fraction of sp³-hybridized carbons (Fsp3) is 0.545. The summed E-state index contributed by atoms with van der Waals surface area (Å²) >= 11 is 0. The molecule has 0 aromatic carbocycles. The molecule has 0 radical (unpaired) electrons. The number of piperidine rings is 1. The first kappa shape index (κ1) is 12.6. The highest BCUT2D eigenvalue weighted by molar-refractivity contribution is 5.92. The monoisotopic (exact) mass is 253 g/mol. The van der Waals surface area contributed by atoms with E-state index in [0.29, 0.717) is 19.5 Å². The van der Waals surface area contributed by atoms with Crippen LogP contribution in [0.4, 0.5) is 0 Å². The lowest BCUT2D eigenvalue weighted by Crippen LogP contribution is -2.45. The van der Waals surface area contributed by atoms with Gasteiger partial charge in [-0.2, -0.15) is 0 Å². The van der Waals surface area contributed by atoms with E-state index in [-0.39, 0.29) is 11.6 Å². The Bertz CT molecular complexity index is 534. The Labute approximate surface area is 102 Å². The molecule has 1 aromatic heterocycles. The Morgan fingerprint density at radius 1 is 1.44 bits per heavy atom. The first-order valence-corrected chi connectivity index (χ1v) is 5.78. The van der Waals surface area contributed by atoms with Crippen LogP contribution in [-0.2, 0) is 0 Å². The molecule has 1 aromatic rings. The van der Waals surface area contributed by atoms with E-state index in [1.165, 1.54) is 4.90 Å². The molecule has 3 N–H and O–H groups in total. The second-order valence-corrected chi connectivity index (χ2v) is 4.59. The van der Waals surface area contributed by atoms with Crippen molar-refractivity contribution in [2.24, 2.45) is 5.92 Å². The molecule has 1 saturated heterocycles. The van der Waals surface area contributed by atoms with E-state index >= 15 is 0 Å². The maximum Gasteiger partial charge on any atom is 0.326 e. The molecule has 2 unspecified atom stereocenters. The Hall–Kier alpha value is -1.89. The third kappa shape index (κ3) is 2.51. The molecule has 2 heterocycles. The molecule has 1 aliphatic rings. The van der Waals surface area contributed by atoms with Gasteiger partial charge in [0.25, 0.3) is 11.5 Å². The van der Waals surface area contributed by atoms with Gasteiger partial charge in [-0.05, 0) is 12.3 Å². The third-order valence-corrected chi connectivity index (χ3v) is 3.14. The third-order valence-electron chi connectivity index (χ3n) is 3.14. The van der Waals surface area contributed by atoms with Crippen LogP contribution in [-0.4, -0.2) is 45.1 Å². The Morgan fingerprint density at radius 2 is 2.17 bits per heavy atom. The van der Waals surface area contributed by atoms with E-state index in [9.17, 15) is 19.5 Å². The van der Waals surface area contributed by atoms with E-state index in [4.69, 9.17) is 0 Å². The van der Waals surface area contributed by atoms with Crippen LogP contribution in [0.3, 0.4) is 0 Å². The molecule has 1 aliphatic heterocycles. The summed E-state index contributed by atoms with van der Waals surface area (Å²) in [6.07, 6.45) is 0.0904. The highest BCUT2D eigenvalue weighted by atomic mass is 16.3. The number of carbonyl (C=O) groups excluding carboxylic acids is 1. The summed E-state index contributed by atoms with van der Waals surface area (Å²) in [4.78, 5) is 40.1. The van der Waals surface area contributed by atoms with Gasteiger partial charge in [-0.1, -0.05) is 6.92 Å². The molecule has 0 bridgehead atoms. The summed E-state index contributed by atoms with van der Waals surface area (Å²) < 4.78 is 0. The number of H-pyrrole nitrogens is 2. The van der Waals surface area contributed by atoms with Crippen LogP contribution in [0.1, 0.15) is 23.8 Å². The largest absolute Gasteiger partial charge is 0.393 e. The summed E-state index contributed by atoms with van der Waals surface area (Å²) in [5.41, 5.74) is -1.32. The maximum absolute atomic E-state index is 12.1. The van der Waals surface area contributed by atoms with Gasteiger partial charge in [0.15, 0.2) is 0 Å². The molecule has 2 atom stereocenters. The second-order valence-electron chi connectivity index (χ2n) is 4.59. The smallest absolute Gasteiger partial charge is 0.326 e. The highest BCUT2D eigenvalue weighted by Gasteiger charge is 2.28. The van der Waals surface area contributed by atoms with Gasteiger partial charge in [0.05, 0.1) is 6.10 Å². The Morgan fingerprint density at radius 3 is 2.78 bits per heavy atom. The van der Waals surface area contributed by atoms with Crippen LogP contribution >= 0.6 is 0 Å². The number of nitrogens with one attached hydrogen (secondary N) is 2. The SMILES string of the molecule is CC1CN(C(=O)c2cc(=O)[nH]c(=O)[nH]2)CCC1O. The zero-order valence-electron chi connectivity index (χ0n) is 9.97. The average Bonchev–Trinajstić information content (AvgIpc) is 2.30. The average molecular weight is 253 g/mol. The molecular formula is C11H15N3O4. The van der Waals surface area contributed by atoms with Crippen molar-refractivity contribution in [3.63, 3.8) is 0 Å². The number of amides is 1. The lowest BCUT2D eigenvalue weighted by atomic mass is 9.96. The van der Waals surface area contributed by atoms with Crippen molar-refractivity contribution >= 4 is 5.91 Å². The zero-order valence-corrected chi connectivity index (χ0v) is 9.97. The van der Waals surface area contributed by atoms with E-state index in [1.54, 1.807) is 0 Å². The van der Waals surface area contributed by atoms with E-state index in [0.717, 1.165) is 6.07 Å². The van der Waals surface area contributed by atoms with Crippen molar-refractivity contribution in [3.05, 3.63) is 32.6 Å². The standard InChI is InChI=1S/C11H15N3O4/c1-6-5-14(3-2-8(6)15)10(17)7-4-9(16)13-11(18)12-7/h4,6,8,15H,2-3,5H2,1H3,(H2,12,13,16,18). The van der Waals surface area contributed by atoms with Crippen LogP contribution in [0.5, 0.6) is 0 Å². The minimum atomic E-state index is -0.698. The van der Waals surface area contributed by atoms with Gasteiger partial charge in [-0.3, -0.25) is 14.6 Å². The van der Waals surface area contributed by atoms with Gasteiger partial charge in [-0.25, -0.2) is 4.79 Å². The lowest BCUT2D eigenvalue weighted by molar-refractivity contribution is 0.0293. The van der Waals surface area contributed by atoms with Gasteiger partial charge in [-0.15, -0.1) is 0 Å². The number of nitrogens with zero attached hydrogens (tertiary/aromatic N) is 1. The summed E-state index contributed by atoms with van der Waals surface area (Å²) in [6, 6.07) is 1.07. The van der Waals surface area contributed by atoms with Crippen molar-refractivity contribution in [1.29, 1.82) is 0 Å². The van der Waals surface area contributed by atoms with Crippen molar-refractivity contribution < 1.29 is 9.90 Å². The van der Waals surface area contributed by atoms with Crippen molar-refractivity contribution in [3.8, 4) is 0 Å². The van der Waals surface area contributed by atoms with Crippen molar-refractivity contribution in [1.82, 2.24) is 14.9 Å². The predicted octanol–water partition coefficient (Wildman–Crippen LogP) is -1.09. The minimum Gasteiger partial charge on any atom is -0.393 e. The minimum absolute atomic E-state index is 0.0172. The van der Waals surface area contributed by atoms with Crippen LogP contribution in [0.25, 0.3) is 0 Å². The van der Waals surface area contributed by atoms with Gasteiger partial charge in [0.1, 0.15) is 5.69 Å². The molecule has 98 valence electrons. The first-order chi connectivity index (χ1) is 8.47. The summed E-state index contributed by atoms with van der Waals surface area (Å²) in [7, 11) is 0. The number of hydrogen-bond donors (Lipinski definition) is 3. The number of rotatable bonds is 1. The molecule has 2 rings (SSSR count). The topological polar surface area (TPSA) is 106 Å². The maximum atomic E-state index is 12.1. The van der Waals surface area contributed by atoms with Gasteiger partial charge >= 0.3 is 5.69 Å². The highest BCUT2D eigenvalue weighted by Crippen LogP contribution is 2.17. The van der Waals surface area contributed by atoms with Crippen LogP contribution in [0, 0.1) is 5.92 Å². The zero-order chi connectivity index (χ0) is 13.3. The molecule has 7 heteroatoms.